The van der Waals surface area contributed by atoms with Crippen LogP contribution in [0, 0.1) is 5.92 Å². The molecule has 0 bridgehead atoms. The summed E-state index contributed by atoms with van der Waals surface area (Å²) in [5.74, 6) is -0.0766. The number of nitrogens with zero attached hydrogens (tertiary/aromatic N) is 2. The average molecular weight is 447 g/mol. The summed E-state index contributed by atoms with van der Waals surface area (Å²) in [5.41, 5.74) is 2.67. The van der Waals surface area contributed by atoms with Gasteiger partial charge in [0.1, 0.15) is 5.54 Å². The van der Waals surface area contributed by atoms with Crippen LogP contribution in [-0.2, 0) is 29.0 Å². The molecule has 2 saturated heterocycles. The smallest absolute Gasteiger partial charge is 0.326 e. The number of piperidine rings is 1. The van der Waals surface area contributed by atoms with Crippen molar-refractivity contribution in [2.24, 2.45) is 5.92 Å². The molecule has 1 atom stereocenters. The molecule has 3 aliphatic rings. The van der Waals surface area contributed by atoms with E-state index in [1.54, 1.807) is 0 Å². The predicted molar refractivity (Wildman–Crippen MR) is 124 cm³/mol. The maximum atomic E-state index is 13.3. The Morgan fingerprint density at radius 2 is 1.70 bits per heavy atom. The minimum absolute atomic E-state index is 0.0331. The molecule has 1 unspecified atom stereocenters. The second-order valence-corrected chi connectivity index (χ2v) is 9.43. The largest absolute Gasteiger partial charge is 0.352 e. The number of rotatable bonds is 5. The third kappa shape index (κ3) is 4.37. The number of fused-ring (bicyclic) bond motifs is 1. The Morgan fingerprint density at radius 3 is 2.45 bits per heavy atom. The van der Waals surface area contributed by atoms with Gasteiger partial charge in [-0.1, -0.05) is 54.6 Å². The molecular formula is C26H30N4O3. The van der Waals surface area contributed by atoms with Gasteiger partial charge in [0.2, 0.25) is 5.91 Å². The second kappa shape index (κ2) is 8.98. The summed E-state index contributed by atoms with van der Waals surface area (Å²) >= 11 is 0. The van der Waals surface area contributed by atoms with Gasteiger partial charge in [0, 0.05) is 32.0 Å². The van der Waals surface area contributed by atoms with Crippen molar-refractivity contribution in [1.82, 2.24) is 20.4 Å². The van der Waals surface area contributed by atoms with Gasteiger partial charge in [-0.15, -0.1) is 0 Å². The van der Waals surface area contributed by atoms with E-state index >= 15 is 0 Å². The molecule has 5 rings (SSSR count). The third-order valence-electron chi connectivity index (χ3n) is 7.29. The lowest BCUT2D eigenvalue weighted by Crippen LogP contribution is -2.52. The molecule has 0 radical (unpaired) electrons. The number of likely N-dealkylation sites (tertiary alicyclic amines) is 1. The molecule has 0 saturated carbocycles. The average Bonchev–Trinajstić information content (AvgIpc) is 3.07. The van der Waals surface area contributed by atoms with Crippen molar-refractivity contribution >= 4 is 17.8 Å². The van der Waals surface area contributed by atoms with Crippen LogP contribution >= 0.6 is 0 Å². The number of nitrogens with one attached hydrogen (secondary N) is 2. The quantitative estimate of drug-likeness (QED) is 0.692. The molecule has 2 aliphatic heterocycles. The van der Waals surface area contributed by atoms with Crippen molar-refractivity contribution in [1.29, 1.82) is 0 Å². The van der Waals surface area contributed by atoms with E-state index in [1.165, 1.54) is 10.5 Å². The zero-order valence-electron chi connectivity index (χ0n) is 18.8. The lowest BCUT2D eigenvalue weighted by atomic mass is 9.78. The number of amides is 4. The van der Waals surface area contributed by atoms with E-state index in [2.05, 4.69) is 21.6 Å². The Kier molecular flexibility index (Phi) is 5.89. The van der Waals surface area contributed by atoms with Crippen molar-refractivity contribution in [2.45, 2.75) is 44.2 Å². The van der Waals surface area contributed by atoms with Crippen LogP contribution < -0.4 is 10.6 Å². The SMILES string of the molecule is O=C(NCc1ccccc1)C1CCN(CN2C(=O)NC3(CCc4ccccc4C3)C2=O)CC1. The van der Waals surface area contributed by atoms with Gasteiger partial charge in [0.15, 0.2) is 0 Å². The normalized spacial score (nSPS) is 23.5. The van der Waals surface area contributed by atoms with Gasteiger partial charge in [-0.3, -0.25) is 14.5 Å². The van der Waals surface area contributed by atoms with Crippen molar-refractivity contribution in [3.05, 3.63) is 71.3 Å². The van der Waals surface area contributed by atoms with E-state index in [9.17, 15) is 14.4 Å². The van der Waals surface area contributed by atoms with E-state index in [-0.39, 0.29) is 30.4 Å². The maximum absolute atomic E-state index is 13.3. The number of carbonyl (C=O) groups excluding carboxylic acids is 3. The van der Waals surface area contributed by atoms with Gasteiger partial charge >= 0.3 is 6.03 Å². The van der Waals surface area contributed by atoms with Crippen molar-refractivity contribution in [2.75, 3.05) is 19.8 Å². The van der Waals surface area contributed by atoms with E-state index < -0.39 is 5.54 Å². The van der Waals surface area contributed by atoms with E-state index in [4.69, 9.17) is 0 Å². The predicted octanol–water partition coefficient (Wildman–Crippen LogP) is 2.45. The highest BCUT2D eigenvalue weighted by Gasteiger charge is 2.52. The number of carbonyl (C=O) groups is 3. The lowest BCUT2D eigenvalue weighted by Gasteiger charge is -2.34. The number of benzene rings is 2. The fraction of sp³-hybridized carbons (Fsp3) is 0.423. The van der Waals surface area contributed by atoms with Crippen LogP contribution in [-0.4, -0.2) is 52.9 Å². The van der Waals surface area contributed by atoms with Gasteiger partial charge < -0.3 is 10.6 Å². The summed E-state index contributed by atoms with van der Waals surface area (Å²) in [6.07, 6.45) is 3.42. The Balaban J connectivity index is 1.14. The number of aryl methyl sites for hydroxylation is 1. The molecule has 33 heavy (non-hydrogen) atoms. The van der Waals surface area contributed by atoms with Crippen LogP contribution in [0.25, 0.3) is 0 Å². The van der Waals surface area contributed by atoms with Gasteiger partial charge in [-0.05, 0) is 42.4 Å². The summed E-state index contributed by atoms with van der Waals surface area (Å²) in [6.45, 7) is 2.20. The third-order valence-corrected chi connectivity index (χ3v) is 7.29. The second-order valence-electron chi connectivity index (χ2n) is 9.43. The van der Waals surface area contributed by atoms with Crippen molar-refractivity contribution in [3.8, 4) is 0 Å². The number of hydrogen-bond acceptors (Lipinski definition) is 4. The van der Waals surface area contributed by atoms with Gasteiger partial charge in [0.25, 0.3) is 5.91 Å². The van der Waals surface area contributed by atoms with E-state index in [0.29, 0.717) is 32.5 Å². The summed E-state index contributed by atoms with van der Waals surface area (Å²) < 4.78 is 0. The Morgan fingerprint density at radius 1 is 1.00 bits per heavy atom. The van der Waals surface area contributed by atoms with Crippen LogP contribution in [0.15, 0.2) is 54.6 Å². The molecule has 0 aromatic heterocycles. The highest BCUT2D eigenvalue weighted by molar-refractivity contribution is 6.07. The Labute approximate surface area is 194 Å². The number of imide groups is 1. The van der Waals surface area contributed by atoms with Crippen LogP contribution in [0.4, 0.5) is 4.79 Å². The summed E-state index contributed by atoms with van der Waals surface area (Å²) in [6, 6.07) is 17.7. The first kappa shape index (κ1) is 21.6. The maximum Gasteiger partial charge on any atom is 0.326 e. The monoisotopic (exact) mass is 446 g/mol. The van der Waals surface area contributed by atoms with Crippen LogP contribution in [0.3, 0.4) is 0 Å². The molecule has 4 amide bonds. The first-order valence-electron chi connectivity index (χ1n) is 11.8. The molecule has 172 valence electrons. The summed E-state index contributed by atoms with van der Waals surface area (Å²) in [4.78, 5) is 42.1. The first-order valence-corrected chi connectivity index (χ1v) is 11.8. The highest BCUT2D eigenvalue weighted by atomic mass is 16.2. The Bertz CT molecular complexity index is 1050. The fourth-order valence-corrected chi connectivity index (χ4v) is 5.30. The first-order chi connectivity index (χ1) is 16.0. The number of urea groups is 1. The summed E-state index contributed by atoms with van der Waals surface area (Å²) in [5, 5.41) is 6.04. The lowest BCUT2D eigenvalue weighted by molar-refractivity contribution is -0.134. The minimum atomic E-state index is -0.818. The van der Waals surface area contributed by atoms with Gasteiger partial charge in [-0.2, -0.15) is 0 Å². The standard InChI is InChI=1S/C26H30N4O3/c31-23(27-17-19-6-2-1-3-7-19)21-11-14-29(15-12-21)18-30-24(32)26(28-25(30)33)13-10-20-8-4-5-9-22(20)16-26/h1-9,21H,10-18H2,(H,27,31)(H,28,33). The minimum Gasteiger partial charge on any atom is -0.352 e. The molecule has 2 aromatic carbocycles. The van der Waals surface area contributed by atoms with E-state index in [0.717, 1.165) is 30.4 Å². The van der Waals surface area contributed by atoms with Crippen molar-refractivity contribution < 1.29 is 14.4 Å². The molecule has 2 heterocycles. The molecule has 1 aliphatic carbocycles. The highest BCUT2D eigenvalue weighted by Crippen LogP contribution is 2.34. The molecule has 7 nitrogen and oxygen atoms in total. The topological polar surface area (TPSA) is 81.8 Å². The van der Waals surface area contributed by atoms with Crippen LogP contribution in [0.2, 0.25) is 0 Å². The van der Waals surface area contributed by atoms with Crippen LogP contribution in [0.5, 0.6) is 0 Å². The molecule has 7 heteroatoms. The molecule has 2 N–H and O–H groups in total. The fourth-order valence-electron chi connectivity index (χ4n) is 5.30. The summed E-state index contributed by atoms with van der Waals surface area (Å²) in [7, 11) is 0. The molecular weight excluding hydrogens is 416 g/mol. The van der Waals surface area contributed by atoms with Gasteiger partial charge in [0.05, 0.1) is 6.67 Å². The van der Waals surface area contributed by atoms with Crippen LogP contribution in [0.1, 0.15) is 36.0 Å². The Hall–Kier alpha value is -3.19. The van der Waals surface area contributed by atoms with Crippen molar-refractivity contribution in [3.63, 3.8) is 0 Å². The molecule has 2 fully saturated rings. The number of hydrogen-bond donors (Lipinski definition) is 2. The molecule has 1 spiro atoms. The molecule has 2 aromatic rings. The van der Waals surface area contributed by atoms with E-state index in [1.807, 2.05) is 48.5 Å². The van der Waals surface area contributed by atoms with Gasteiger partial charge in [-0.25, -0.2) is 9.69 Å². The zero-order chi connectivity index (χ0) is 22.8. The zero-order valence-corrected chi connectivity index (χ0v) is 18.8.